The quantitative estimate of drug-likeness (QED) is 0.693. The van der Waals surface area contributed by atoms with Crippen molar-refractivity contribution in [2.45, 2.75) is 19.9 Å². The van der Waals surface area contributed by atoms with E-state index in [2.05, 4.69) is 15.3 Å². The van der Waals surface area contributed by atoms with Crippen LogP contribution in [0.15, 0.2) is 48.1 Å². The molecule has 0 saturated heterocycles. The van der Waals surface area contributed by atoms with Crippen LogP contribution >= 0.6 is 11.3 Å². The Morgan fingerprint density at radius 2 is 2.19 bits per heavy atom. The van der Waals surface area contributed by atoms with Crippen molar-refractivity contribution in [2.24, 2.45) is 0 Å². The molecule has 0 radical (unpaired) electrons. The van der Waals surface area contributed by atoms with Gasteiger partial charge in [0, 0.05) is 17.1 Å². The Labute approximate surface area is 156 Å². The van der Waals surface area contributed by atoms with Gasteiger partial charge in [0.25, 0.3) is 5.91 Å². The number of nitrogens with zero attached hydrogens (tertiary/aromatic N) is 2. The molecule has 0 aliphatic rings. The van der Waals surface area contributed by atoms with Crippen LogP contribution in [0.1, 0.15) is 35.8 Å². The van der Waals surface area contributed by atoms with Crippen LogP contribution in [0.3, 0.4) is 0 Å². The number of nitrogens with two attached hydrogens (primary N) is 1. The molecule has 2 heterocycles. The second kappa shape index (κ2) is 7.97. The summed E-state index contributed by atoms with van der Waals surface area (Å²) in [6, 6.07) is 9.35. The Balaban J connectivity index is 1.80. The predicted octanol–water partition coefficient (Wildman–Crippen LogP) is 3.68. The van der Waals surface area contributed by atoms with Crippen molar-refractivity contribution < 1.29 is 9.53 Å². The minimum absolute atomic E-state index is 0.196. The van der Waals surface area contributed by atoms with Crippen LogP contribution in [0.5, 0.6) is 5.88 Å². The summed E-state index contributed by atoms with van der Waals surface area (Å²) in [4.78, 5) is 21.1. The third-order valence-electron chi connectivity index (χ3n) is 3.81. The lowest BCUT2D eigenvalue weighted by molar-refractivity contribution is 0.0935. The van der Waals surface area contributed by atoms with Crippen molar-refractivity contribution in [3.05, 3.63) is 59.2 Å². The van der Waals surface area contributed by atoms with E-state index in [4.69, 9.17) is 10.5 Å². The molecule has 6 nitrogen and oxygen atoms in total. The molecule has 134 valence electrons. The average Bonchev–Trinajstić information content (AvgIpc) is 3.18. The van der Waals surface area contributed by atoms with Gasteiger partial charge in [-0.05, 0) is 31.5 Å². The molecule has 0 bridgehead atoms. The first-order valence-corrected chi connectivity index (χ1v) is 9.15. The summed E-state index contributed by atoms with van der Waals surface area (Å²) >= 11 is 1.58. The third kappa shape index (κ3) is 4.00. The number of anilines is 1. The van der Waals surface area contributed by atoms with Gasteiger partial charge in [0.05, 0.1) is 24.5 Å². The molecule has 0 saturated carbocycles. The SMILES string of the molecule is CCOc1ncc(N)cc1C(=O)NC(C)c1cccc(-c2nccs2)c1. The molecule has 2 aromatic heterocycles. The number of rotatable bonds is 6. The predicted molar refractivity (Wildman–Crippen MR) is 103 cm³/mol. The second-order valence-corrected chi connectivity index (χ2v) is 6.61. The largest absolute Gasteiger partial charge is 0.477 e. The molecule has 7 heteroatoms. The van der Waals surface area contributed by atoms with E-state index in [-0.39, 0.29) is 17.8 Å². The average molecular weight is 368 g/mol. The number of aromatic nitrogens is 2. The number of carbonyl (C=O) groups excluding carboxylic acids is 1. The molecule has 0 aliphatic heterocycles. The number of thiazole rings is 1. The van der Waals surface area contributed by atoms with Crippen molar-refractivity contribution in [2.75, 3.05) is 12.3 Å². The van der Waals surface area contributed by atoms with Crippen LogP contribution in [0.25, 0.3) is 10.6 Å². The zero-order valence-corrected chi connectivity index (χ0v) is 15.4. The Morgan fingerprint density at radius 3 is 2.92 bits per heavy atom. The van der Waals surface area contributed by atoms with Gasteiger partial charge in [0.2, 0.25) is 5.88 Å². The number of hydrogen-bond acceptors (Lipinski definition) is 6. The van der Waals surface area contributed by atoms with Gasteiger partial charge in [-0.2, -0.15) is 0 Å². The number of hydrogen-bond donors (Lipinski definition) is 2. The van der Waals surface area contributed by atoms with Gasteiger partial charge >= 0.3 is 0 Å². The fourth-order valence-corrected chi connectivity index (χ4v) is 3.18. The van der Waals surface area contributed by atoms with E-state index in [0.717, 1.165) is 16.1 Å². The van der Waals surface area contributed by atoms with Gasteiger partial charge in [-0.15, -0.1) is 11.3 Å². The standard InChI is InChI=1S/C19H20N4O2S/c1-3-25-18-16(10-15(20)11-22-18)17(24)23-12(2)13-5-4-6-14(9-13)19-21-7-8-26-19/h4-12H,3,20H2,1-2H3,(H,23,24). The van der Waals surface area contributed by atoms with Gasteiger partial charge in [-0.3, -0.25) is 4.79 Å². The summed E-state index contributed by atoms with van der Waals surface area (Å²) in [5.41, 5.74) is 8.53. The Kier molecular flexibility index (Phi) is 5.48. The highest BCUT2D eigenvalue weighted by atomic mass is 32.1. The van der Waals surface area contributed by atoms with Crippen LogP contribution in [0, 0.1) is 0 Å². The molecule has 3 aromatic rings. The highest BCUT2D eigenvalue weighted by Crippen LogP contribution is 2.25. The first-order chi connectivity index (χ1) is 12.6. The molecule has 26 heavy (non-hydrogen) atoms. The first-order valence-electron chi connectivity index (χ1n) is 8.27. The Morgan fingerprint density at radius 1 is 1.35 bits per heavy atom. The fourth-order valence-electron chi connectivity index (χ4n) is 2.55. The van der Waals surface area contributed by atoms with Gasteiger partial charge in [-0.25, -0.2) is 9.97 Å². The smallest absolute Gasteiger partial charge is 0.257 e. The molecule has 1 amide bonds. The molecule has 3 rings (SSSR count). The van der Waals surface area contributed by atoms with Crippen LogP contribution < -0.4 is 15.8 Å². The molecule has 1 atom stereocenters. The zero-order valence-electron chi connectivity index (χ0n) is 14.6. The van der Waals surface area contributed by atoms with Gasteiger partial charge < -0.3 is 15.8 Å². The number of nitrogens with one attached hydrogen (secondary N) is 1. The van der Waals surface area contributed by atoms with E-state index in [1.807, 2.05) is 43.5 Å². The van der Waals surface area contributed by atoms with E-state index < -0.39 is 0 Å². The van der Waals surface area contributed by atoms with Crippen molar-refractivity contribution in [3.8, 4) is 16.5 Å². The van der Waals surface area contributed by atoms with Gasteiger partial charge in [0.1, 0.15) is 10.6 Å². The maximum atomic E-state index is 12.7. The van der Waals surface area contributed by atoms with Gasteiger partial charge in [-0.1, -0.05) is 18.2 Å². The van der Waals surface area contributed by atoms with Crippen molar-refractivity contribution >= 4 is 22.9 Å². The molecule has 0 spiro atoms. The van der Waals surface area contributed by atoms with Crippen molar-refractivity contribution in [3.63, 3.8) is 0 Å². The number of amides is 1. The highest BCUT2D eigenvalue weighted by molar-refractivity contribution is 7.13. The Hall–Kier alpha value is -2.93. The van der Waals surface area contributed by atoms with Crippen LogP contribution in [0.2, 0.25) is 0 Å². The normalized spacial score (nSPS) is 11.8. The molecule has 0 aliphatic carbocycles. The number of benzene rings is 1. The number of carbonyl (C=O) groups is 1. The lowest BCUT2D eigenvalue weighted by Gasteiger charge is -2.16. The fraction of sp³-hybridized carbons (Fsp3) is 0.211. The van der Waals surface area contributed by atoms with E-state index in [1.165, 1.54) is 6.20 Å². The topological polar surface area (TPSA) is 90.1 Å². The highest BCUT2D eigenvalue weighted by Gasteiger charge is 2.18. The minimum atomic E-state index is -0.277. The summed E-state index contributed by atoms with van der Waals surface area (Å²) < 4.78 is 5.43. The number of ether oxygens (including phenoxy) is 1. The molecule has 3 N–H and O–H groups in total. The first kappa shape index (κ1) is 17.9. The lowest BCUT2D eigenvalue weighted by atomic mass is 10.0. The maximum Gasteiger partial charge on any atom is 0.257 e. The van der Waals surface area contributed by atoms with E-state index in [9.17, 15) is 4.79 Å². The molecule has 1 unspecified atom stereocenters. The lowest BCUT2D eigenvalue weighted by Crippen LogP contribution is -2.27. The summed E-state index contributed by atoms with van der Waals surface area (Å²) in [5.74, 6) is 0.00309. The number of nitrogen functional groups attached to an aromatic ring is 1. The monoisotopic (exact) mass is 368 g/mol. The van der Waals surface area contributed by atoms with Crippen molar-refractivity contribution in [1.29, 1.82) is 0 Å². The van der Waals surface area contributed by atoms with E-state index in [0.29, 0.717) is 17.9 Å². The molecular weight excluding hydrogens is 348 g/mol. The van der Waals surface area contributed by atoms with Crippen molar-refractivity contribution in [1.82, 2.24) is 15.3 Å². The van der Waals surface area contributed by atoms with Crippen LogP contribution in [-0.2, 0) is 0 Å². The molecule has 0 fully saturated rings. The summed E-state index contributed by atoms with van der Waals surface area (Å²) in [5, 5.41) is 5.87. The molecular formula is C19H20N4O2S. The summed E-state index contributed by atoms with van der Waals surface area (Å²) in [7, 11) is 0. The van der Waals surface area contributed by atoms with Gasteiger partial charge in [0.15, 0.2) is 0 Å². The van der Waals surface area contributed by atoms with Crippen LogP contribution in [-0.4, -0.2) is 22.5 Å². The van der Waals surface area contributed by atoms with E-state index >= 15 is 0 Å². The zero-order chi connectivity index (χ0) is 18.5. The molecule has 1 aromatic carbocycles. The maximum absolute atomic E-state index is 12.7. The minimum Gasteiger partial charge on any atom is -0.477 e. The summed E-state index contributed by atoms with van der Waals surface area (Å²) in [6.45, 7) is 4.19. The van der Waals surface area contributed by atoms with E-state index in [1.54, 1.807) is 23.6 Å². The Bertz CT molecular complexity index is 896. The number of pyridine rings is 1. The third-order valence-corrected chi connectivity index (χ3v) is 4.63. The van der Waals surface area contributed by atoms with Crippen LogP contribution in [0.4, 0.5) is 5.69 Å². The second-order valence-electron chi connectivity index (χ2n) is 5.71. The summed E-state index contributed by atoms with van der Waals surface area (Å²) in [6.07, 6.45) is 3.25.